The molecular formula is C24H30F2N2O. The molecule has 1 fully saturated rings. The highest BCUT2D eigenvalue weighted by atomic mass is 19.1. The second-order valence-corrected chi connectivity index (χ2v) is 9.19. The van der Waals surface area contributed by atoms with Gasteiger partial charge in [-0.25, -0.2) is 8.78 Å². The van der Waals surface area contributed by atoms with Crippen molar-refractivity contribution in [1.29, 1.82) is 0 Å². The van der Waals surface area contributed by atoms with E-state index in [-0.39, 0.29) is 23.2 Å². The Balaban J connectivity index is 1.47. The van der Waals surface area contributed by atoms with Crippen LogP contribution in [0.3, 0.4) is 0 Å². The summed E-state index contributed by atoms with van der Waals surface area (Å²) in [7, 11) is 0. The van der Waals surface area contributed by atoms with Gasteiger partial charge in [-0.1, -0.05) is 39.0 Å². The predicted molar refractivity (Wildman–Crippen MR) is 112 cm³/mol. The van der Waals surface area contributed by atoms with E-state index in [0.717, 1.165) is 31.6 Å². The van der Waals surface area contributed by atoms with Crippen LogP contribution >= 0.6 is 0 Å². The summed E-state index contributed by atoms with van der Waals surface area (Å²) >= 11 is 0. The van der Waals surface area contributed by atoms with Gasteiger partial charge in [-0.2, -0.15) is 0 Å². The molecule has 0 amide bonds. The molecule has 2 aliphatic rings. The minimum atomic E-state index is -0.653. The summed E-state index contributed by atoms with van der Waals surface area (Å²) in [5.74, 6) is -1.59. The van der Waals surface area contributed by atoms with Crippen LogP contribution < -0.4 is 10.5 Å². The van der Waals surface area contributed by atoms with Crippen LogP contribution in [0.4, 0.5) is 14.5 Å². The lowest BCUT2D eigenvalue weighted by Gasteiger charge is -2.61. The zero-order valence-corrected chi connectivity index (χ0v) is 17.5. The molecule has 29 heavy (non-hydrogen) atoms. The Morgan fingerprint density at radius 3 is 2.52 bits per heavy atom. The van der Waals surface area contributed by atoms with E-state index < -0.39 is 11.6 Å². The Labute approximate surface area is 171 Å². The van der Waals surface area contributed by atoms with Crippen LogP contribution in [0.1, 0.15) is 44.7 Å². The van der Waals surface area contributed by atoms with Gasteiger partial charge in [0.05, 0.1) is 6.61 Å². The fourth-order valence-corrected chi connectivity index (χ4v) is 5.41. The summed E-state index contributed by atoms with van der Waals surface area (Å²) in [6, 6.07) is 10.5. The number of fused-ring (bicyclic) bond motifs is 4. The molecule has 0 spiro atoms. The second-order valence-electron chi connectivity index (χ2n) is 9.19. The summed E-state index contributed by atoms with van der Waals surface area (Å²) in [5.41, 5.74) is 10.1. The molecular weight excluding hydrogens is 370 g/mol. The number of likely N-dealkylation sites (tertiary alicyclic amines) is 1. The van der Waals surface area contributed by atoms with Crippen molar-refractivity contribution in [3.05, 3.63) is 59.2 Å². The predicted octanol–water partition coefficient (Wildman–Crippen LogP) is 4.93. The molecule has 3 nitrogen and oxygen atoms in total. The van der Waals surface area contributed by atoms with E-state index in [9.17, 15) is 8.78 Å². The molecule has 1 aliphatic carbocycles. The van der Waals surface area contributed by atoms with Crippen molar-refractivity contribution in [1.82, 2.24) is 4.90 Å². The van der Waals surface area contributed by atoms with Gasteiger partial charge in [0.1, 0.15) is 0 Å². The average Bonchev–Trinajstić information content (AvgIpc) is 2.66. The molecule has 156 valence electrons. The molecule has 4 rings (SSSR count). The van der Waals surface area contributed by atoms with Gasteiger partial charge in [0.25, 0.3) is 0 Å². The van der Waals surface area contributed by atoms with Gasteiger partial charge in [-0.05, 0) is 60.5 Å². The maximum atomic E-state index is 13.7. The molecule has 0 aromatic heterocycles. The Morgan fingerprint density at radius 1 is 1.10 bits per heavy atom. The average molecular weight is 401 g/mol. The van der Waals surface area contributed by atoms with Gasteiger partial charge >= 0.3 is 0 Å². The highest BCUT2D eigenvalue weighted by molar-refractivity contribution is 5.56. The number of halogens is 2. The van der Waals surface area contributed by atoms with Crippen LogP contribution in [0.2, 0.25) is 0 Å². The number of nitrogens with zero attached hydrogens (tertiary/aromatic N) is 1. The number of nitrogens with two attached hydrogens (primary N) is 1. The summed E-state index contributed by atoms with van der Waals surface area (Å²) in [6.45, 7) is 9.23. The SMILES string of the molecule is CC1(C)[C@H]2Cc3c(N)cccc3[C@]1(C)CCN2CCCOc1c(F)cccc1F. The van der Waals surface area contributed by atoms with Crippen molar-refractivity contribution in [3.8, 4) is 5.75 Å². The standard InChI is InChI=1S/C24H30F2N2O/c1-23(2)21-15-16-17(7-4-10-20(16)27)24(23,3)11-13-28(21)12-6-14-29-22-18(25)8-5-9-19(22)26/h4-5,7-10,21H,6,11-15,27H2,1-3H3/t21-,24+/m1/s1. The molecule has 2 aromatic carbocycles. The molecule has 1 aliphatic heterocycles. The normalized spacial score (nSPS) is 25.5. The number of benzene rings is 2. The van der Waals surface area contributed by atoms with E-state index in [4.69, 9.17) is 10.5 Å². The van der Waals surface area contributed by atoms with Crippen LogP contribution in [-0.2, 0) is 11.8 Å². The van der Waals surface area contributed by atoms with Gasteiger partial charge in [0.2, 0.25) is 0 Å². The highest BCUT2D eigenvalue weighted by Crippen LogP contribution is 2.56. The van der Waals surface area contributed by atoms with Crippen molar-refractivity contribution in [2.24, 2.45) is 5.41 Å². The Bertz CT molecular complexity index is 893. The van der Waals surface area contributed by atoms with Crippen molar-refractivity contribution in [2.45, 2.75) is 51.5 Å². The largest absolute Gasteiger partial charge is 0.488 e. The fourth-order valence-electron chi connectivity index (χ4n) is 5.41. The van der Waals surface area contributed by atoms with Gasteiger partial charge in [-0.3, -0.25) is 4.90 Å². The molecule has 1 saturated heterocycles. The lowest BCUT2D eigenvalue weighted by atomic mass is 9.51. The molecule has 0 saturated carbocycles. The first-order valence-electron chi connectivity index (χ1n) is 10.4. The fraction of sp³-hybridized carbons (Fsp3) is 0.500. The van der Waals surface area contributed by atoms with Crippen molar-refractivity contribution in [2.75, 3.05) is 25.4 Å². The summed E-state index contributed by atoms with van der Waals surface area (Å²) in [4.78, 5) is 2.51. The van der Waals surface area contributed by atoms with Crippen LogP contribution in [0, 0.1) is 17.0 Å². The summed E-state index contributed by atoms with van der Waals surface area (Å²) < 4.78 is 32.9. The first-order valence-corrected chi connectivity index (χ1v) is 10.4. The number of hydrogen-bond donors (Lipinski definition) is 1. The molecule has 2 N–H and O–H groups in total. The number of piperidine rings is 1. The Kier molecular flexibility index (Phi) is 5.06. The van der Waals surface area contributed by atoms with E-state index in [1.807, 2.05) is 6.07 Å². The van der Waals surface area contributed by atoms with E-state index in [2.05, 4.69) is 37.8 Å². The number of para-hydroxylation sites is 1. The van der Waals surface area contributed by atoms with Crippen LogP contribution in [0.15, 0.2) is 36.4 Å². The lowest BCUT2D eigenvalue weighted by molar-refractivity contribution is -0.0391. The third kappa shape index (κ3) is 3.20. The van der Waals surface area contributed by atoms with Crippen molar-refractivity contribution in [3.63, 3.8) is 0 Å². The lowest BCUT2D eigenvalue weighted by Crippen LogP contribution is -2.63. The first kappa shape index (κ1) is 20.1. The molecule has 0 unspecified atom stereocenters. The zero-order valence-electron chi connectivity index (χ0n) is 17.5. The van der Waals surface area contributed by atoms with Gasteiger partial charge < -0.3 is 10.5 Å². The van der Waals surface area contributed by atoms with Crippen molar-refractivity contribution >= 4 is 5.69 Å². The molecule has 0 radical (unpaired) electrons. The van der Waals surface area contributed by atoms with Crippen LogP contribution in [0.25, 0.3) is 0 Å². The molecule has 2 bridgehead atoms. The van der Waals surface area contributed by atoms with E-state index in [1.165, 1.54) is 29.3 Å². The number of anilines is 1. The van der Waals surface area contributed by atoms with Gasteiger partial charge in [-0.15, -0.1) is 0 Å². The Morgan fingerprint density at radius 2 is 1.79 bits per heavy atom. The minimum absolute atomic E-state index is 0.0872. The topological polar surface area (TPSA) is 38.5 Å². The smallest absolute Gasteiger partial charge is 0.190 e. The highest BCUT2D eigenvalue weighted by Gasteiger charge is 2.55. The zero-order chi connectivity index (χ0) is 20.8. The quantitative estimate of drug-likeness (QED) is 0.571. The maximum absolute atomic E-state index is 13.7. The number of ether oxygens (including phenoxy) is 1. The summed E-state index contributed by atoms with van der Waals surface area (Å²) in [5, 5.41) is 0. The van der Waals surface area contributed by atoms with E-state index in [1.54, 1.807) is 0 Å². The van der Waals surface area contributed by atoms with E-state index >= 15 is 0 Å². The van der Waals surface area contributed by atoms with Crippen LogP contribution in [-0.4, -0.2) is 30.6 Å². The number of nitrogen functional groups attached to an aromatic ring is 1. The molecule has 5 heteroatoms. The first-order chi connectivity index (χ1) is 13.8. The summed E-state index contributed by atoms with van der Waals surface area (Å²) in [6.07, 6.45) is 2.72. The van der Waals surface area contributed by atoms with Gasteiger partial charge in [0.15, 0.2) is 17.4 Å². The third-order valence-corrected chi connectivity index (χ3v) is 7.55. The van der Waals surface area contributed by atoms with Crippen LogP contribution in [0.5, 0.6) is 5.75 Å². The third-order valence-electron chi connectivity index (χ3n) is 7.55. The maximum Gasteiger partial charge on any atom is 0.190 e. The van der Waals surface area contributed by atoms with Crippen molar-refractivity contribution < 1.29 is 13.5 Å². The molecule has 2 atom stereocenters. The number of hydrogen-bond acceptors (Lipinski definition) is 3. The monoisotopic (exact) mass is 400 g/mol. The molecule has 1 heterocycles. The Hall–Kier alpha value is -2.14. The van der Waals surface area contributed by atoms with Gasteiger partial charge in [0, 0.05) is 23.7 Å². The molecule has 2 aromatic rings. The number of rotatable bonds is 5. The minimum Gasteiger partial charge on any atom is -0.488 e. The second kappa shape index (κ2) is 7.28. The van der Waals surface area contributed by atoms with E-state index in [0.29, 0.717) is 12.5 Å².